The van der Waals surface area contributed by atoms with Gasteiger partial charge in [-0.3, -0.25) is 5.41 Å². The Bertz CT molecular complexity index is 920. The van der Waals surface area contributed by atoms with E-state index >= 15 is 0 Å². The average molecular weight is 396 g/mol. The summed E-state index contributed by atoms with van der Waals surface area (Å²) in [4.78, 5) is 0. The number of guanidine groups is 1. The van der Waals surface area contributed by atoms with E-state index in [0.29, 0.717) is 22.7 Å². The predicted molar refractivity (Wildman–Crippen MR) is 111 cm³/mol. The Morgan fingerprint density at radius 3 is 1.75 bits per heavy atom. The molecule has 0 aromatic heterocycles. The van der Waals surface area contributed by atoms with E-state index in [0.717, 1.165) is 0 Å². The second-order valence-corrected chi connectivity index (χ2v) is 7.96. The summed E-state index contributed by atoms with van der Waals surface area (Å²) >= 11 is 0. The molecule has 144 valence electrons. The molecule has 0 radical (unpaired) electrons. The summed E-state index contributed by atoms with van der Waals surface area (Å²) in [5.41, 5.74) is 12.8. The summed E-state index contributed by atoms with van der Waals surface area (Å²) < 4.78 is 25.2. The molecule has 0 aliphatic carbocycles. The lowest BCUT2D eigenvalue weighted by molar-refractivity contribution is 0.373. The van der Waals surface area contributed by atoms with E-state index in [1.165, 1.54) is 0 Å². The van der Waals surface area contributed by atoms with E-state index in [4.69, 9.17) is 25.9 Å². The van der Waals surface area contributed by atoms with Crippen LogP contribution in [-0.2, 0) is 4.57 Å². The number of nitrogens with one attached hydrogen (secondary N) is 2. The SMILES string of the molecule is N=C(N)Nc1ccc(C(N)P(=O)(Oc2ccccc2)Oc2ccccc2)cc1. The molecule has 0 fully saturated rings. The molecule has 0 saturated carbocycles. The Kier molecular flexibility index (Phi) is 5.99. The molecule has 0 amide bonds. The van der Waals surface area contributed by atoms with Crippen molar-refractivity contribution in [2.75, 3.05) is 5.32 Å². The fourth-order valence-corrected chi connectivity index (χ4v) is 4.12. The topological polar surface area (TPSA) is 123 Å². The van der Waals surface area contributed by atoms with Gasteiger partial charge in [-0.2, -0.15) is 0 Å². The van der Waals surface area contributed by atoms with Crippen LogP contribution in [0.4, 0.5) is 5.69 Å². The van der Waals surface area contributed by atoms with Crippen LogP contribution in [0.3, 0.4) is 0 Å². The van der Waals surface area contributed by atoms with Crippen LogP contribution in [0.2, 0.25) is 0 Å². The first kappa shape index (κ1) is 19.5. The van der Waals surface area contributed by atoms with Crippen molar-refractivity contribution in [3.8, 4) is 11.5 Å². The van der Waals surface area contributed by atoms with Crippen molar-refractivity contribution >= 4 is 19.2 Å². The van der Waals surface area contributed by atoms with Gasteiger partial charge in [0, 0.05) is 5.69 Å². The Morgan fingerprint density at radius 1 is 0.857 bits per heavy atom. The minimum absolute atomic E-state index is 0.178. The van der Waals surface area contributed by atoms with E-state index in [9.17, 15) is 4.57 Å². The van der Waals surface area contributed by atoms with Crippen molar-refractivity contribution in [1.29, 1.82) is 5.41 Å². The van der Waals surface area contributed by atoms with Gasteiger partial charge < -0.3 is 25.8 Å². The van der Waals surface area contributed by atoms with Gasteiger partial charge in [0.25, 0.3) is 0 Å². The molecule has 0 saturated heterocycles. The largest absolute Gasteiger partial charge is 0.451 e. The third-order valence-corrected chi connectivity index (χ3v) is 5.73. The summed E-state index contributed by atoms with van der Waals surface area (Å²) in [7, 11) is -3.83. The lowest BCUT2D eigenvalue weighted by Gasteiger charge is -2.25. The second-order valence-electron chi connectivity index (χ2n) is 5.95. The van der Waals surface area contributed by atoms with Gasteiger partial charge in [-0.05, 0) is 42.0 Å². The van der Waals surface area contributed by atoms with Gasteiger partial charge in [-0.25, -0.2) is 4.57 Å². The van der Waals surface area contributed by atoms with Crippen molar-refractivity contribution in [3.63, 3.8) is 0 Å². The van der Waals surface area contributed by atoms with Crippen LogP contribution in [-0.4, -0.2) is 5.96 Å². The van der Waals surface area contributed by atoms with Gasteiger partial charge in [-0.15, -0.1) is 0 Å². The van der Waals surface area contributed by atoms with Gasteiger partial charge in [0.05, 0.1) is 0 Å². The molecule has 0 bridgehead atoms. The fourth-order valence-electron chi connectivity index (χ4n) is 2.49. The Hall–Kier alpha value is -3.28. The molecule has 0 aliphatic heterocycles. The highest BCUT2D eigenvalue weighted by Crippen LogP contribution is 2.57. The Morgan fingerprint density at radius 2 is 1.32 bits per heavy atom. The van der Waals surface area contributed by atoms with Crippen LogP contribution in [0.1, 0.15) is 11.3 Å². The molecule has 0 spiro atoms. The van der Waals surface area contributed by atoms with Crippen LogP contribution in [0.15, 0.2) is 84.9 Å². The zero-order valence-corrected chi connectivity index (χ0v) is 15.9. The quantitative estimate of drug-likeness (QED) is 0.268. The number of hydrogen-bond acceptors (Lipinski definition) is 5. The summed E-state index contributed by atoms with van der Waals surface area (Å²) in [6.07, 6.45) is 0. The maximum atomic E-state index is 13.7. The van der Waals surface area contributed by atoms with Crippen LogP contribution >= 0.6 is 7.60 Å². The number of nitrogens with two attached hydrogens (primary N) is 2. The van der Waals surface area contributed by atoms with Crippen molar-refractivity contribution in [2.24, 2.45) is 11.5 Å². The highest BCUT2D eigenvalue weighted by molar-refractivity contribution is 7.55. The number of rotatable bonds is 7. The number of benzene rings is 3. The molecule has 0 aliphatic rings. The standard InChI is InChI=1S/C20H21N4O3P/c21-19(15-11-13-16(14-12-15)24-20(22)23)28(25,26-17-7-3-1-4-8-17)27-18-9-5-2-6-10-18/h1-14,19H,21H2,(H4,22,23,24). The molecular formula is C20H21N4O3P. The van der Waals surface area contributed by atoms with Crippen LogP contribution in [0.5, 0.6) is 11.5 Å². The number of para-hydroxylation sites is 2. The molecule has 1 atom stereocenters. The Labute approximate surface area is 163 Å². The number of anilines is 1. The van der Waals surface area contributed by atoms with Crippen LogP contribution in [0.25, 0.3) is 0 Å². The van der Waals surface area contributed by atoms with E-state index in [2.05, 4.69) is 5.32 Å². The first-order valence-corrected chi connectivity index (χ1v) is 10.1. The van der Waals surface area contributed by atoms with Gasteiger partial charge in [0.2, 0.25) is 0 Å². The predicted octanol–water partition coefficient (Wildman–Crippen LogP) is 4.30. The van der Waals surface area contributed by atoms with E-state index in [1.807, 2.05) is 12.1 Å². The maximum Gasteiger partial charge on any atom is 0.451 e. The van der Waals surface area contributed by atoms with Crippen molar-refractivity contribution in [1.82, 2.24) is 0 Å². The first-order valence-electron chi connectivity index (χ1n) is 8.52. The third kappa shape index (κ3) is 4.91. The summed E-state index contributed by atoms with van der Waals surface area (Å²) in [6.45, 7) is 0. The van der Waals surface area contributed by atoms with E-state index < -0.39 is 13.4 Å². The van der Waals surface area contributed by atoms with Gasteiger partial charge in [0.1, 0.15) is 11.5 Å². The van der Waals surface area contributed by atoms with Crippen LogP contribution in [0, 0.1) is 5.41 Å². The molecule has 3 aromatic carbocycles. The molecule has 1 unspecified atom stereocenters. The normalized spacial score (nSPS) is 12.0. The summed E-state index contributed by atoms with van der Waals surface area (Å²) in [6, 6.07) is 24.3. The highest BCUT2D eigenvalue weighted by Gasteiger charge is 2.38. The van der Waals surface area contributed by atoms with Gasteiger partial charge in [0.15, 0.2) is 11.7 Å². The third-order valence-electron chi connectivity index (χ3n) is 3.82. The molecule has 0 heterocycles. The van der Waals surface area contributed by atoms with Crippen molar-refractivity contribution in [3.05, 3.63) is 90.5 Å². The summed E-state index contributed by atoms with van der Waals surface area (Å²) in [5, 5.41) is 9.95. The van der Waals surface area contributed by atoms with Crippen molar-refractivity contribution in [2.45, 2.75) is 5.78 Å². The molecule has 8 heteroatoms. The monoisotopic (exact) mass is 396 g/mol. The highest BCUT2D eigenvalue weighted by atomic mass is 31.2. The molecule has 28 heavy (non-hydrogen) atoms. The lowest BCUT2D eigenvalue weighted by atomic mass is 10.2. The fraction of sp³-hybridized carbons (Fsp3) is 0.0500. The minimum atomic E-state index is -3.83. The van der Waals surface area contributed by atoms with E-state index in [1.54, 1.807) is 72.8 Å². The molecule has 3 rings (SSSR count). The molecule has 3 aromatic rings. The van der Waals surface area contributed by atoms with E-state index in [-0.39, 0.29) is 5.96 Å². The average Bonchev–Trinajstić information content (AvgIpc) is 2.69. The second kappa shape index (κ2) is 8.61. The zero-order valence-electron chi connectivity index (χ0n) is 15.0. The maximum absolute atomic E-state index is 13.7. The van der Waals surface area contributed by atoms with Gasteiger partial charge >= 0.3 is 7.60 Å². The molecule has 6 N–H and O–H groups in total. The molecular weight excluding hydrogens is 375 g/mol. The first-order chi connectivity index (χ1) is 13.5. The molecule has 7 nitrogen and oxygen atoms in total. The summed E-state index contributed by atoms with van der Waals surface area (Å²) in [5.74, 6) is -0.416. The van der Waals surface area contributed by atoms with Crippen LogP contribution < -0.4 is 25.8 Å². The van der Waals surface area contributed by atoms with Gasteiger partial charge in [-0.1, -0.05) is 48.5 Å². The Balaban J connectivity index is 1.90. The lowest BCUT2D eigenvalue weighted by Crippen LogP contribution is -2.21. The van der Waals surface area contributed by atoms with Crippen molar-refractivity contribution < 1.29 is 13.6 Å². The smallest absolute Gasteiger partial charge is 0.415 e. The zero-order chi connectivity index (χ0) is 20.0. The minimum Gasteiger partial charge on any atom is -0.415 e. The number of hydrogen-bond donors (Lipinski definition) is 4.